The molecule has 0 aliphatic carbocycles. The van der Waals surface area contributed by atoms with Gasteiger partial charge < -0.3 is 19.5 Å². The zero-order chi connectivity index (χ0) is 30.6. The Labute approximate surface area is 255 Å². The molecule has 0 saturated carbocycles. The van der Waals surface area contributed by atoms with E-state index in [9.17, 15) is 13.9 Å². The van der Waals surface area contributed by atoms with Crippen LogP contribution >= 0.6 is 0 Å². The summed E-state index contributed by atoms with van der Waals surface area (Å²) in [6.45, 7) is 7.75. The van der Waals surface area contributed by atoms with Crippen molar-refractivity contribution in [3.05, 3.63) is 53.3 Å². The smallest absolute Gasteiger partial charge is 0.319 e. The number of terminal acetylenes is 1. The summed E-state index contributed by atoms with van der Waals surface area (Å²) in [7, 11) is 0. The molecule has 3 aromatic carbocycles. The van der Waals surface area contributed by atoms with Gasteiger partial charge in [-0.2, -0.15) is 9.97 Å². The first-order valence-electron chi connectivity index (χ1n) is 15.4. The van der Waals surface area contributed by atoms with Crippen LogP contribution in [0.2, 0.25) is 0 Å². The first-order chi connectivity index (χ1) is 21.3. The number of ether oxygens (including phenoxy) is 2. The van der Waals surface area contributed by atoms with Crippen molar-refractivity contribution in [2.75, 3.05) is 44.3 Å². The molecule has 0 amide bonds. The molecule has 1 aromatic heterocycles. The fourth-order valence-corrected chi connectivity index (χ4v) is 7.51. The van der Waals surface area contributed by atoms with Gasteiger partial charge in [-0.3, -0.25) is 4.90 Å². The highest BCUT2D eigenvalue weighted by Crippen LogP contribution is 2.42. The highest BCUT2D eigenvalue weighted by Gasteiger charge is 2.49. The van der Waals surface area contributed by atoms with Crippen molar-refractivity contribution in [2.45, 2.75) is 57.3 Å². The lowest BCUT2D eigenvalue weighted by atomic mass is 9.91. The van der Waals surface area contributed by atoms with Crippen molar-refractivity contribution in [1.82, 2.24) is 14.9 Å². The van der Waals surface area contributed by atoms with Crippen molar-refractivity contribution in [3.8, 4) is 35.2 Å². The first kappa shape index (κ1) is 28.8. The van der Waals surface area contributed by atoms with E-state index in [1.165, 1.54) is 6.07 Å². The average Bonchev–Trinajstić information content (AvgIpc) is 3.43. The Morgan fingerprint density at radius 1 is 1.14 bits per heavy atom. The van der Waals surface area contributed by atoms with Crippen LogP contribution < -0.4 is 9.64 Å². The van der Waals surface area contributed by atoms with Gasteiger partial charge in [0, 0.05) is 43.4 Å². The van der Waals surface area contributed by atoms with E-state index in [1.54, 1.807) is 18.2 Å². The number of hydrogen-bond acceptors (Lipinski definition) is 7. The number of benzene rings is 3. The molecule has 1 N–H and O–H groups in total. The molecule has 44 heavy (non-hydrogen) atoms. The second-order valence-electron chi connectivity index (χ2n) is 12.5. The fourth-order valence-electron chi connectivity index (χ4n) is 7.51. The number of nitrogens with zero attached hydrogens (tertiary/aromatic N) is 4. The summed E-state index contributed by atoms with van der Waals surface area (Å²) in [6, 6.07) is 10.3. The average molecular weight is 599 g/mol. The van der Waals surface area contributed by atoms with Crippen LogP contribution in [0.5, 0.6) is 11.8 Å². The highest BCUT2D eigenvalue weighted by atomic mass is 19.1. The Morgan fingerprint density at radius 3 is 2.84 bits per heavy atom. The molecule has 3 aliphatic rings. The Kier molecular flexibility index (Phi) is 7.30. The van der Waals surface area contributed by atoms with E-state index in [2.05, 4.69) is 22.6 Å². The number of aromatic hydroxyl groups is 1. The van der Waals surface area contributed by atoms with Crippen LogP contribution in [-0.2, 0) is 4.74 Å². The van der Waals surface area contributed by atoms with Crippen LogP contribution in [0.25, 0.3) is 32.8 Å². The van der Waals surface area contributed by atoms with Gasteiger partial charge in [0.2, 0.25) is 0 Å². The van der Waals surface area contributed by atoms with Crippen LogP contribution in [0, 0.1) is 25.1 Å². The third kappa shape index (κ3) is 4.90. The van der Waals surface area contributed by atoms with Gasteiger partial charge in [0.1, 0.15) is 30.2 Å². The summed E-state index contributed by atoms with van der Waals surface area (Å²) in [5.41, 5.74) is 2.69. The van der Waals surface area contributed by atoms with Gasteiger partial charge in [-0.1, -0.05) is 18.1 Å². The maximum absolute atomic E-state index is 14.9. The van der Waals surface area contributed by atoms with Gasteiger partial charge in [-0.15, -0.1) is 6.42 Å². The first-order valence-corrected chi connectivity index (χ1v) is 15.4. The van der Waals surface area contributed by atoms with E-state index in [1.807, 2.05) is 19.1 Å². The fraction of sp³-hybridized carbons (Fsp3) is 0.429. The molecular formula is C35H36F2N4O3. The minimum atomic E-state index is -0.856. The van der Waals surface area contributed by atoms with E-state index in [4.69, 9.17) is 25.9 Å². The molecule has 7 nitrogen and oxygen atoms in total. The van der Waals surface area contributed by atoms with Crippen LogP contribution in [0.3, 0.4) is 0 Å². The van der Waals surface area contributed by atoms with Gasteiger partial charge in [-0.05, 0) is 86.0 Å². The lowest BCUT2D eigenvalue weighted by Crippen LogP contribution is -2.43. The topological polar surface area (TPSA) is 71.0 Å². The lowest BCUT2D eigenvalue weighted by Gasteiger charge is -2.31. The quantitative estimate of drug-likeness (QED) is 0.276. The van der Waals surface area contributed by atoms with E-state index < -0.39 is 12.0 Å². The standard InChI is InChI=1S/C35H36F2N4O3/c1-4-26-30(37)10-7-23-15-25(42)16-29(31(23)26)27-8-9-28-32(22(27)3)38-34(39-33(28)40-12-6-14-43-21(2)18-40)44-20-35-11-5-13-41(35)19-24(36)17-35/h1,7-10,15-16,21,24,42H,5-6,11-14,17-20H2,2-3H3. The highest BCUT2D eigenvalue weighted by molar-refractivity contribution is 6.05. The molecule has 0 bridgehead atoms. The number of alkyl halides is 1. The Balaban J connectivity index is 1.38. The molecular weight excluding hydrogens is 562 g/mol. The number of anilines is 1. The summed E-state index contributed by atoms with van der Waals surface area (Å²) in [4.78, 5) is 14.3. The molecule has 0 spiro atoms. The molecule has 3 fully saturated rings. The zero-order valence-corrected chi connectivity index (χ0v) is 25.1. The Bertz CT molecular complexity index is 1810. The van der Waals surface area contributed by atoms with E-state index in [0.717, 1.165) is 54.7 Å². The number of aryl methyl sites for hydroxylation is 1. The minimum absolute atomic E-state index is 0.0221. The summed E-state index contributed by atoms with van der Waals surface area (Å²) in [5.74, 6) is 2.82. The van der Waals surface area contributed by atoms with Crippen molar-refractivity contribution in [1.29, 1.82) is 0 Å². The van der Waals surface area contributed by atoms with E-state index in [0.29, 0.717) is 54.6 Å². The van der Waals surface area contributed by atoms with Crippen LogP contribution in [-0.4, -0.2) is 77.2 Å². The molecule has 7 rings (SSSR count). The Hall–Kier alpha value is -4.00. The molecule has 3 unspecified atom stereocenters. The summed E-state index contributed by atoms with van der Waals surface area (Å²) >= 11 is 0. The van der Waals surface area contributed by atoms with Gasteiger partial charge in [0.05, 0.1) is 22.7 Å². The molecule has 228 valence electrons. The normalized spacial score (nSPS) is 24.0. The maximum Gasteiger partial charge on any atom is 0.319 e. The van der Waals surface area contributed by atoms with Crippen LogP contribution in [0.4, 0.5) is 14.6 Å². The van der Waals surface area contributed by atoms with Crippen molar-refractivity contribution in [2.24, 2.45) is 0 Å². The number of fused-ring (bicyclic) bond motifs is 3. The summed E-state index contributed by atoms with van der Waals surface area (Å²) in [5, 5.41) is 12.7. The van der Waals surface area contributed by atoms with Gasteiger partial charge >= 0.3 is 6.01 Å². The summed E-state index contributed by atoms with van der Waals surface area (Å²) in [6.07, 6.45) is 8.16. The third-order valence-electron chi connectivity index (χ3n) is 9.55. The van der Waals surface area contributed by atoms with E-state index >= 15 is 0 Å². The van der Waals surface area contributed by atoms with Gasteiger partial charge in [0.25, 0.3) is 0 Å². The van der Waals surface area contributed by atoms with Crippen LogP contribution in [0.15, 0.2) is 36.4 Å². The number of halogens is 2. The Morgan fingerprint density at radius 2 is 2.00 bits per heavy atom. The van der Waals surface area contributed by atoms with Gasteiger partial charge in [0.15, 0.2) is 0 Å². The predicted octanol–water partition coefficient (Wildman–Crippen LogP) is 6.15. The number of hydrogen-bond donors (Lipinski definition) is 1. The minimum Gasteiger partial charge on any atom is -0.508 e. The molecule has 4 heterocycles. The number of aromatic nitrogens is 2. The number of phenolic OH excluding ortho intramolecular Hbond substituents is 1. The predicted molar refractivity (Wildman–Crippen MR) is 168 cm³/mol. The van der Waals surface area contributed by atoms with Crippen molar-refractivity contribution < 1.29 is 23.4 Å². The second-order valence-corrected chi connectivity index (χ2v) is 12.5. The molecule has 9 heteroatoms. The second kappa shape index (κ2) is 11.2. The molecule has 3 saturated heterocycles. The van der Waals surface area contributed by atoms with Gasteiger partial charge in [-0.25, -0.2) is 8.78 Å². The van der Waals surface area contributed by atoms with Crippen molar-refractivity contribution >= 4 is 27.5 Å². The van der Waals surface area contributed by atoms with Crippen molar-refractivity contribution in [3.63, 3.8) is 0 Å². The van der Waals surface area contributed by atoms with Crippen LogP contribution in [0.1, 0.15) is 43.7 Å². The number of phenols is 1. The SMILES string of the molecule is C#Cc1c(F)ccc2cc(O)cc(-c3ccc4c(N5CCCOC(C)C5)nc(OCC56CCCN5CC(F)C6)nc4c3C)c12. The molecule has 3 aliphatic heterocycles. The van der Waals surface area contributed by atoms with E-state index in [-0.39, 0.29) is 29.0 Å². The lowest BCUT2D eigenvalue weighted by molar-refractivity contribution is 0.0820. The largest absolute Gasteiger partial charge is 0.508 e. The molecule has 3 atom stereocenters. The summed E-state index contributed by atoms with van der Waals surface area (Å²) < 4.78 is 41.7. The molecule has 4 aromatic rings. The monoisotopic (exact) mass is 598 g/mol. The zero-order valence-electron chi connectivity index (χ0n) is 25.1. The third-order valence-corrected chi connectivity index (χ3v) is 9.55. The maximum atomic E-state index is 14.9. The molecule has 0 radical (unpaired) electrons. The number of rotatable bonds is 5.